The summed E-state index contributed by atoms with van der Waals surface area (Å²) < 4.78 is 11.7. The van der Waals surface area contributed by atoms with Crippen LogP contribution in [0.25, 0.3) is 10.4 Å². The Hall–Kier alpha value is -3.70. The number of β-amino-alcohol motifs (C(OH)–C–C–N with tert-alkyl or cyclic N) is 1. The maximum absolute atomic E-state index is 10.6. The van der Waals surface area contributed by atoms with E-state index in [2.05, 4.69) is 36.3 Å². The molecule has 0 aliphatic heterocycles. The Morgan fingerprint density at radius 1 is 1.06 bits per heavy atom. The summed E-state index contributed by atoms with van der Waals surface area (Å²) in [5.41, 5.74) is 2.31. The number of hydrogen-bond donors (Lipinski definition) is 2. The molecule has 0 fully saturated rings. The number of pyridine rings is 1. The van der Waals surface area contributed by atoms with Crippen LogP contribution in [-0.4, -0.2) is 34.9 Å². The van der Waals surface area contributed by atoms with Gasteiger partial charge in [-0.15, -0.1) is 11.3 Å². The summed E-state index contributed by atoms with van der Waals surface area (Å²) in [7, 11) is 0. The molecule has 0 amide bonds. The van der Waals surface area contributed by atoms with Gasteiger partial charge in [-0.1, -0.05) is 30.3 Å². The lowest BCUT2D eigenvalue weighted by molar-refractivity contribution is 0.0991. The molecule has 2 aromatic carbocycles. The van der Waals surface area contributed by atoms with Gasteiger partial charge in [-0.05, 0) is 73.7 Å². The van der Waals surface area contributed by atoms with Gasteiger partial charge in [0, 0.05) is 28.7 Å². The van der Waals surface area contributed by atoms with Crippen molar-refractivity contribution < 1.29 is 14.6 Å². The number of aliphatic hydroxyl groups is 1. The number of para-hydroxylation sites is 1. The molecule has 2 aromatic heterocycles. The molecular weight excluding hydrogens is 470 g/mol. The number of benzene rings is 2. The molecule has 0 unspecified atom stereocenters. The number of thiophene rings is 1. The maximum Gasteiger partial charge on any atom is 0.237 e. The molecule has 0 saturated carbocycles. The molecule has 2 heterocycles. The zero-order valence-electron chi connectivity index (χ0n) is 20.3. The van der Waals surface area contributed by atoms with E-state index in [4.69, 9.17) is 9.47 Å². The first-order valence-corrected chi connectivity index (χ1v) is 12.6. The summed E-state index contributed by atoms with van der Waals surface area (Å²) in [6.45, 7) is 4.82. The van der Waals surface area contributed by atoms with Gasteiger partial charge < -0.3 is 19.9 Å². The highest BCUT2D eigenvalue weighted by atomic mass is 32.1. The number of ether oxygens (including phenoxy) is 2. The number of nitriles is 1. The van der Waals surface area contributed by atoms with Gasteiger partial charge in [-0.3, -0.25) is 0 Å². The molecule has 6 nitrogen and oxygen atoms in total. The van der Waals surface area contributed by atoms with Crippen LogP contribution >= 0.6 is 11.3 Å². The standard InChI is InChI=1S/C29H29N3O3S/c1-29(2,17-21-11-13-24(14-12-21)35-28-22(18-30)7-5-15-31-28)32-19-23(33)20-34-26-9-4-3-8-25(26)27-10-6-16-36-27/h3-16,23,32-33H,17,19-20H2,1-2H3/t23-/m1/s1. The number of nitrogens with one attached hydrogen (secondary N) is 1. The molecule has 7 heteroatoms. The second-order valence-corrected chi connectivity index (χ2v) is 10.0. The summed E-state index contributed by atoms with van der Waals surface area (Å²) in [5, 5.41) is 25.2. The second kappa shape index (κ2) is 11.8. The van der Waals surface area contributed by atoms with Gasteiger partial charge in [0.25, 0.3) is 0 Å². The molecule has 36 heavy (non-hydrogen) atoms. The van der Waals surface area contributed by atoms with Crippen LogP contribution in [0, 0.1) is 11.3 Å². The molecule has 1 atom stereocenters. The van der Waals surface area contributed by atoms with Crippen LogP contribution in [0.4, 0.5) is 0 Å². The quantitative estimate of drug-likeness (QED) is 0.270. The largest absolute Gasteiger partial charge is 0.490 e. The van der Waals surface area contributed by atoms with Gasteiger partial charge >= 0.3 is 0 Å². The van der Waals surface area contributed by atoms with Crippen LogP contribution in [0.2, 0.25) is 0 Å². The van der Waals surface area contributed by atoms with E-state index in [9.17, 15) is 10.4 Å². The van der Waals surface area contributed by atoms with Gasteiger partial charge in [0.2, 0.25) is 5.88 Å². The van der Waals surface area contributed by atoms with Crippen LogP contribution in [0.5, 0.6) is 17.4 Å². The monoisotopic (exact) mass is 499 g/mol. The van der Waals surface area contributed by atoms with Crippen LogP contribution in [0.15, 0.2) is 84.4 Å². The first-order valence-electron chi connectivity index (χ1n) is 11.7. The van der Waals surface area contributed by atoms with Crippen molar-refractivity contribution in [1.29, 1.82) is 5.26 Å². The molecule has 0 radical (unpaired) electrons. The maximum atomic E-state index is 10.6. The van der Waals surface area contributed by atoms with Gasteiger partial charge in [0.05, 0.1) is 0 Å². The summed E-state index contributed by atoms with van der Waals surface area (Å²) in [6, 6.07) is 25.2. The molecule has 4 aromatic rings. The molecule has 2 N–H and O–H groups in total. The fraction of sp³-hybridized carbons (Fsp3) is 0.241. The molecule has 0 aliphatic carbocycles. The lowest BCUT2D eigenvalue weighted by Gasteiger charge is -2.28. The topological polar surface area (TPSA) is 87.4 Å². The summed E-state index contributed by atoms with van der Waals surface area (Å²) in [6.07, 6.45) is 1.71. The number of aromatic nitrogens is 1. The average molecular weight is 500 g/mol. The van der Waals surface area contributed by atoms with Crippen molar-refractivity contribution in [3.05, 3.63) is 95.5 Å². The highest BCUT2D eigenvalue weighted by molar-refractivity contribution is 7.13. The number of rotatable bonds is 11. The molecule has 0 saturated heterocycles. The molecule has 4 rings (SSSR count). The van der Waals surface area contributed by atoms with Crippen LogP contribution in [-0.2, 0) is 6.42 Å². The summed E-state index contributed by atoms with van der Waals surface area (Å²) in [4.78, 5) is 5.27. The zero-order valence-corrected chi connectivity index (χ0v) is 21.2. The highest BCUT2D eigenvalue weighted by Crippen LogP contribution is 2.33. The van der Waals surface area contributed by atoms with E-state index in [0.717, 1.165) is 28.2 Å². The van der Waals surface area contributed by atoms with Crippen LogP contribution in [0.1, 0.15) is 25.0 Å². The first kappa shape index (κ1) is 25.4. The third-order valence-electron chi connectivity index (χ3n) is 5.60. The Morgan fingerprint density at radius 3 is 2.61 bits per heavy atom. The molecule has 0 bridgehead atoms. The highest BCUT2D eigenvalue weighted by Gasteiger charge is 2.20. The minimum absolute atomic E-state index is 0.204. The third kappa shape index (κ3) is 6.92. The lowest BCUT2D eigenvalue weighted by Crippen LogP contribution is -2.46. The zero-order chi connectivity index (χ0) is 25.4. The predicted molar refractivity (Wildman–Crippen MR) is 143 cm³/mol. The normalized spacial score (nSPS) is 12.1. The van der Waals surface area contributed by atoms with Crippen LogP contribution < -0.4 is 14.8 Å². The molecule has 0 spiro atoms. The minimum Gasteiger partial charge on any atom is -0.490 e. The number of hydrogen-bond acceptors (Lipinski definition) is 7. The fourth-order valence-corrected chi connectivity index (χ4v) is 4.54. The van der Waals surface area contributed by atoms with E-state index in [1.165, 1.54) is 0 Å². The Morgan fingerprint density at radius 2 is 1.86 bits per heavy atom. The fourth-order valence-electron chi connectivity index (χ4n) is 3.78. The number of aliphatic hydroxyl groups excluding tert-OH is 1. The summed E-state index contributed by atoms with van der Waals surface area (Å²) in [5.74, 6) is 1.69. The molecule has 184 valence electrons. The van der Waals surface area contributed by atoms with Crippen molar-refractivity contribution >= 4 is 11.3 Å². The van der Waals surface area contributed by atoms with Crippen molar-refractivity contribution in [3.63, 3.8) is 0 Å². The van der Waals surface area contributed by atoms with E-state index in [1.54, 1.807) is 29.7 Å². The van der Waals surface area contributed by atoms with Crippen molar-refractivity contribution in [1.82, 2.24) is 10.3 Å². The van der Waals surface area contributed by atoms with E-state index in [-0.39, 0.29) is 12.1 Å². The predicted octanol–water partition coefficient (Wildman–Crippen LogP) is 5.82. The van der Waals surface area contributed by atoms with E-state index in [1.807, 2.05) is 60.0 Å². The Kier molecular flexibility index (Phi) is 8.34. The second-order valence-electron chi connectivity index (χ2n) is 9.09. The van der Waals surface area contributed by atoms with Gasteiger partial charge in [-0.25, -0.2) is 4.98 Å². The van der Waals surface area contributed by atoms with Crippen molar-refractivity contribution in [2.24, 2.45) is 0 Å². The molecular formula is C29H29N3O3S. The van der Waals surface area contributed by atoms with Gasteiger partial charge in [0.1, 0.15) is 35.8 Å². The van der Waals surface area contributed by atoms with E-state index < -0.39 is 6.10 Å². The Bertz CT molecular complexity index is 1300. The minimum atomic E-state index is -0.649. The van der Waals surface area contributed by atoms with Crippen molar-refractivity contribution in [2.75, 3.05) is 13.2 Å². The number of nitrogens with zero attached hydrogens (tertiary/aromatic N) is 2. The smallest absolute Gasteiger partial charge is 0.237 e. The molecule has 0 aliphatic rings. The van der Waals surface area contributed by atoms with Crippen molar-refractivity contribution in [3.8, 4) is 33.9 Å². The Labute approximate surface area is 215 Å². The lowest BCUT2D eigenvalue weighted by atomic mass is 9.94. The summed E-state index contributed by atoms with van der Waals surface area (Å²) >= 11 is 1.66. The Balaban J connectivity index is 1.27. The SMILES string of the molecule is CC(C)(Cc1ccc(Oc2ncccc2C#N)cc1)NC[C@@H](O)COc1ccccc1-c1cccs1. The van der Waals surface area contributed by atoms with E-state index in [0.29, 0.717) is 23.7 Å². The van der Waals surface area contributed by atoms with Gasteiger partial charge in [0.15, 0.2) is 0 Å². The van der Waals surface area contributed by atoms with Gasteiger partial charge in [-0.2, -0.15) is 5.26 Å². The van der Waals surface area contributed by atoms with E-state index >= 15 is 0 Å². The average Bonchev–Trinajstić information content (AvgIpc) is 3.43. The first-order chi connectivity index (χ1) is 17.4. The van der Waals surface area contributed by atoms with Crippen LogP contribution in [0.3, 0.4) is 0 Å². The van der Waals surface area contributed by atoms with Crippen molar-refractivity contribution in [2.45, 2.75) is 31.9 Å². The third-order valence-corrected chi connectivity index (χ3v) is 6.50.